The molecule has 1 fully saturated rings. The lowest BCUT2D eigenvalue weighted by Crippen LogP contribution is -2.17. The number of pyridine rings is 1. The highest BCUT2D eigenvalue weighted by molar-refractivity contribution is 7.99. The van der Waals surface area contributed by atoms with Crippen LogP contribution >= 0.6 is 11.8 Å². The highest BCUT2D eigenvalue weighted by Gasteiger charge is 2.34. The summed E-state index contributed by atoms with van der Waals surface area (Å²) in [6, 6.07) is 5.13. The maximum absolute atomic E-state index is 13.3. The minimum Gasteiger partial charge on any atom is -0.473 e. The number of carbonyl (C=O) groups is 1. The van der Waals surface area contributed by atoms with Crippen LogP contribution in [0.4, 0.5) is 23.2 Å². The molecule has 9 heteroatoms. The summed E-state index contributed by atoms with van der Waals surface area (Å²) in [6.07, 6.45) is -2.55. The monoisotopic (exact) mass is 386 g/mol. The lowest BCUT2D eigenvalue weighted by atomic mass is 10.1. The van der Waals surface area contributed by atoms with Crippen molar-refractivity contribution in [2.45, 2.75) is 18.7 Å². The molecule has 2 aromatic rings. The Bertz CT molecular complexity index is 808. The molecule has 1 amide bonds. The van der Waals surface area contributed by atoms with Crippen molar-refractivity contribution < 1.29 is 27.1 Å². The lowest BCUT2D eigenvalue weighted by molar-refractivity contribution is -0.139. The van der Waals surface area contributed by atoms with Gasteiger partial charge in [-0.3, -0.25) is 4.79 Å². The number of aromatic nitrogens is 1. The number of halogens is 4. The SMILES string of the molecule is O=C(Nc1ccc(F)c(C(F)(F)F)c1)c1ccnc(O[C@@H]2CCSC2)c1. The fourth-order valence-corrected chi connectivity index (χ4v) is 3.51. The van der Waals surface area contributed by atoms with Crippen molar-refractivity contribution >= 4 is 23.4 Å². The van der Waals surface area contributed by atoms with Crippen LogP contribution in [0.1, 0.15) is 22.3 Å². The molecule has 1 aromatic carbocycles. The molecular weight excluding hydrogens is 372 g/mol. The number of hydrogen-bond donors (Lipinski definition) is 1. The van der Waals surface area contributed by atoms with Crippen LogP contribution in [0.2, 0.25) is 0 Å². The molecule has 0 unspecified atom stereocenters. The Kier molecular flexibility index (Phi) is 5.36. The van der Waals surface area contributed by atoms with Gasteiger partial charge in [-0.05, 0) is 36.4 Å². The van der Waals surface area contributed by atoms with Crippen LogP contribution in [0.5, 0.6) is 5.88 Å². The number of rotatable bonds is 4. The van der Waals surface area contributed by atoms with E-state index < -0.39 is 23.5 Å². The molecule has 0 bridgehead atoms. The third kappa shape index (κ3) is 4.46. The van der Waals surface area contributed by atoms with Gasteiger partial charge in [0.25, 0.3) is 5.91 Å². The average Bonchev–Trinajstić information content (AvgIpc) is 3.09. The van der Waals surface area contributed by atoms with Crippen molar-refractivity contribution in [3.05, 3.63) is 53.5 Å². The van der Waals surface area contributed by atoms with Gasteiger partial charge >= 0.3 is 6.18 Å². The number of alkyl halides is 3. The Balaban J connectivity index is 1.74. The molecule has 138 valence electrons. The Morgan fingerprint density at radius 2 is 2.08 bits per heavy atom. The van der Waals surface area contributed by atoms with Crippen molar-refractivity contribution in [1.82, 2.24) is 4.98 Å². The smallest absolute Gasteiger partial charge is 0.419 e. The second-order valence-corrected chi connectivity index (χ2v) is 6.78. The molecular formula is C17H14F4N2O2S. The zero-order valence-corrected chi connectivity index (χ0v) is 14.2. The minimum atomic E-state index is -4.85. The fraction of sp³-hybridized carbons (Fsp3) is 0.294. The van der Waals surface area contributed by atoms with E-state index in [1.165, 1.54) is 18.3 Å². The van der Waals surface area contributed by atoms with Crippen LogP contribution in [0, 0.1) is 5.82 Å². The largest absolute Gasteiger partial charge is 0.473 e. The van der Waals surface area contributed by atoms with Crippen LogP contribution < -0.4 is 10.1 Å². The molecule has 1 atom stereocenters. The standard InChI is InChI=1S/C17H14F4N2O2S/c18-14-2-1-11(8-13(14)17(19,20)21)23-16(24)10-3-5-22-15(7-10)25-12-4-6-26-9-12/h1-3,5,7-8,12H,4,6,9H2,(H,23,24)/t12-/m1/s1. The molecule has 26 heavy (non-hydrogen) atoms. The summed E-state index contributed by atoms with van der Waals surface area (Å²) in [5, 5.41) is 2.33. The third-order valence-corrected chi connectivity index (χ3v) is 4.83. The van der Waals surface area contributed by atoms with E-state index >= 15 is 0 Å². The number of carbonyl (C=O) groups excluding carboxylic acids is 1. The second kappa shape index (κ2) is 7.53. The minimum absolute atomic E-state index is 0.0252. The molecule has 0 radical (unpaired) electrons. The molecule has 2 heterocycles. The Morgan fingerprint density at radius 1 is 1.27 bits per heavy atom. The number of nitrogens with one attached hydrogen (secondary N) is 1. The molecule has 0 saturated carbocycles. The summed E-state index contributed by atoms with van der Waals surface area (Å²) >= 11 is 1.76. The number of ether oxygens (including phenoxy) is 1. The fourth-order valence-electron chi connectivity index (χ4n) is 2.42. The number of anilines is 1. The molecule has 3 rings (SSSR count). The van der Waals surface area contributed by atoms with Crippen molar-refractivity contribution in [3.8, 4) is 5.88 Å². The van der Waals surface area contributed by atoms with Crippen molar-refractivity contribution in [2.24, 2.45) is 0 Å². The highest BCUT2D eigenvalue weighted by Crippen LogP contribution is 2.33. The first kappa shape index (κ1) is 18.5. The van der Waals surface area contributed by atoms with E-state index in [1.54, 1.807) is 11.8 Å². The summed E-state index contributed by atoms with van der Waals surface area (Å²) < 4.78 is 57.3. The molecule has 1 saturated heterocycles. The van der Waals surface area contributed by atoms with E-state index in [9.17, 15) is 22.4 Å². The molecule has 4 nitrogen and oxygen atoms in total. The first-order chi connectivity index (χ1) is 12.3. The number of hydrogen-bond acceptors (Lipinski definition) is 4. The molecule has 0 aliphatic carbocycles. The predicted octanol–water partition coefficient (Wildman–Crippen LogP) is 4.38. The Hall–Kier alpha value is -2.29. The lowest BCUT2D eigenvalue weighted by Gasteiger charge is -2.13. The number of amides is 1. The average molecular weight is 386 g/mol. The molecule has 1 aliphatic heterocycles. The summed E-state index contributed by atoms with van der Waals surface area (Å²) in [4.78, 5) is 16.3. The third-order valence-electron chi connectivity index (χ3n) is 3.70. The predicted molar refractivity (Wildman–Crippen MR) is 90.0 cm³/mol. The highest BCUT2D eigenvalue weighted by atomic mass is 32.2. The molecule has 1 aromatic heterocycles. The van der Waals surface area contributed by atoms with Crippen molar-refractivity contribution in [3.63, 3.8) is 0 Å². The van der Waals surface area contributed by atoms with Gasteiger partial charge in [0.15, 0.2) is 0 Å². The van der Waals surface area contributed by atoms with Crippen LogP contribution in [0.15, 0.2) is 36.5 Å². The number of thioether (sulfide) groups is 1. The first-order valence-corrected chi connectivity index (χ1v) is 8.87. The van der Waals surface area contributed by atoms with E-state index in [0.29, 0.717) is 12.1 Å². The van der Waals surface area contributed by atoms with E-state index in [1.807, 2.05) is 0 Å². The number of nitrogens with zero attached hydrogens (tertiary/aromatic N) is 1. The quantitative estimate of drug-likeness (QED) is 0.793. The Morgan fingerprint density at radius 3 is 2.77 bits per heavy atom. The van der Waals surface area contributed by atoms with Crippen LogP contribution in [0.3, 0.4) is 0 Å². The van der Waals surface area contributed by atoms with E-state index in [2.05, 4.69) is 10.3 Å². The first-order valence-electron chi connectivity index (χ1n) is 7.71. The maximum Gasteiger partial charge on any atom is 0.419 e. The summed E-state index contributed by atoms with van der Waals surface area (Å²) in [5.74, 6) is 0.0766. The summed E-state index contributed by atoms with van der Waals surface area (Å²) in [6.45, 7) is 0. The maximum atomic E-state index is 13.3. The van der Waals surface area contributed by atoms with E-state index in [0.717, 1.165) is 24.0 Å². The summed E-state index contributed by atoms with van der Waals surface area (Å²) in [7, 11) is 0. The normalized spacial score (nSPS) is 17.2. The van der Waals surface area contributed by atoms with Gasteiger partial charge in [0.05, 0.1) is 5.56 Å². The van der Waals surface area contributed by atoms with Gasteiger partial charge in [0.1, 0.15) is 11.9 Å². The molecule has 0 spiro atoms. The zero-order valence-electron chi connectivity index (χ0n) is 13.3. The zero-order chi connectivity index (χ0) is 18.7. The van der Waals surface area contributed by atoms with Crippen LogP contribution in [0.25, 0.3) is 0 Å². The van der Waals surface area contributed by atoms with Gasteiger partial charge in [-0.2, -0.15) is 24.9 Å². The van der Waals surface area contributed by atoms with E-state index in [-0.39, 0.29) is 23.2 Å². The van der Waals surface area contributed by atoms with Crippen molar-refractivity contribution in [1.29, 1.82) is 0 Å². The van der Waals surface area contributed by atoms with Crippen molar-refractivity contribution in [2.75, 3.05) is 16.8 Å². The number of benzene rings is 1. The van der Waals surface area contributed by atoms with Gasteiger partial charge in [-0.25, -0.2) is 9.37 Å². The van der Waals surface area contributed by atoms with Crippen LogP contribution in [-0.2, 0) is 6.18 Å². The topological polar surface area (TPSA) is 51.2 Å². The van der Waals surface area contributed by atoms with Gasteiger partial charge in [-0.1, -0.05) is 0 Å². The van der Waals surface area contributed by atoms with Crippen LogP contribution in [-0.4, -0.2) is 28.5 Å². The second-order valence-electron chi connectivity index (χ2n) is 5.63. The van der Waals surface area contributed by atoms with Gasteiger partial charge in [-0.15, -0.1) is 0 Å². The Labute approximate surface area is 151 Å². The molecule has 1 N–H and O–H groups in total. The van der Waals surface area contributed by atoms with Gasteiger partial charge in [0, 0.05) is 29.3 Å². The van der Waals surface area contributed by atoms with Gasteiger partial charge < -0.3 is 10.1 Å². The summed E-state index contributed by atoms with van der Waals surface area (Å²) in [5.41, 5.74) is -1.42. The van der Waals surface area contributed by atoms with E-state index in [4.69, 9.17) is 4.74 Å². The molecule has 1 aliphatic rings. The van der Waals surface area contributed by atoms with Gasteiger partial charge in [0.2, 0.25) is 5.88 Å².